The van der Waals surface area contributed by atoms with Crippen molar-refractivity contribution >= 4 is 29.0 Å². The fourth-order valence-electron chi connectivity index (χ4n) is 8.02. The summed E-state index contributed by atoms with van der Waals surface area (Å²) in [6, 6.07) is 6.67. The lowest BCUT2D eigenvalue weighted by Gasteiger charge is -2.38. The quantitative estimate of drug-likeness (QED) is 0.492. The predicted molar refractivity (Wildman–Crippen MR) is 168 cm³/mol. The van der Waals surface area contributed by atoms with Crippen molar-refractivity contribution in [1.82, 2.24) is 20.2 Å². The highest BCUT2D eigenvalue weighted by atomic mass is 16.5. The van der Waals surface area contributed by atoms with Crippen LogP contribution in [-0.2, 0) is 9.53 Å². The van der Waals surface area contributed by atoms with Crippen LogP contribution in [0.5, 0.6) is 5.75 Å². The Hall–Kier alpha value is -3.44. The second kappa shape index (κ2) is 12.2. The van der Waals surface area contributed by atoms with Crippen LogP contribution in [0.25, 0.3) is 0 Å². The molecular weight excluding hydrogens is 558 g/mol. The number of hydrogen-bond acceptors (Lipinski definition) is 9. The zero-order chi connectivity index (χ0) is 30.3. The molecule has 3 heterocycles. The molecule has 1 aromatic heterocycles. The Morgan fingerprint density at radius 3 is 2.59 bits per heavy atom. The maximum absolute atomic E-state index is 14.0. The molecule has 2 aliphatic heterocycles. The molecule has 2 atom stereocenters. The molecule has 1 spiro atoms. The number of carbonyl (C=O) groups excluding carboxylic acids is 2. The molecule has 11 heteroatoms. The number of ether oxygens (including phenoxy) is 2. The van der Waals surface area contributed by atoms with E-state index in [2.05, 4.69) is 30.4 Å². The zero-order valence-electron chi connectivity index (χ0n) is 26.0. The highest BCUT2D eigenvalue weighted by molar-refractivity contribution is 6.04. The topological polar surface area (TPSA) is 112 Å². The van der Waals surface area contributed by atoms with Crippen LogP contribution in [0.15, 0.2) is 30.7 Å². The molecule has 3 aliphatic carbocycles. The van der Waals surface area contributed by atoms with Gasteiger partial charge < -0.3 is 29.9 Å². The fourth-order valence-corrected chi connectivity index (χ4v) is 8.02. The van der Waals surface area contributed by atoms with Gasteiger partial charge in [0.2, 0.25) is 5.91 Å². The van der Waals surface area contributed by atoms with Crippen LogP contribution >= 0.6 is 0 Å². The lowest BCUT2D eigenvalue weighted by molar-refractivity contribution is -0.123. The number of benzene rings is 1. The normalized spacial score (nSPS) is 29.3. The molecular formula is C33H45N7O4. The van der Waals surface area contributed by atoms with Gasteiger partial charge in [-0.3, -0.25) is 14.5 Å². The van der Waals surface area contributed by atoms with Crippen LogP contribution in [-0.4, -0.2) is 97.9 Å². The van der Waals surface area contributed by atoms with Gasteiger partial charge in [0.1, 0.15) is 17.8 Å². The summed E-state index contributed by atoms with van der Waals surface area (Å²) >= 11 is 0. The monoisotopic (exact) mass is 603 g/mol. The molecule has 5 aliphatic rings. The number of carbonyl (C=O) groups is 2. The first kappa shape index (κ1) is 29.3. The number of nitrogens with zero attached hydrogens (tertiary/aromatic N) is 5. The molecule has 2 unspecified atom stereocenters. The van der Waals surface area contributed by atoms with Crippen LogP contribution in [0.4, 0.5) is 17.2 Å². The molecule has 236 valence electrons. The Balaban J connectivity index is 1.02. The Morgan fingerprint density at radius 2 is 1.84 bits per heavy atom. The van der Waals surface area contributed by atoms with Crippen LogP contribution in [0.2, 0.25) is 0 Å². The summed E-state index contributed by atoms with van der Waals surface area (Å²) in [4.78, 5) is 42.8. The summed E-state index contributed by atoms with van der Waals surface area (Å²) in [6.07, 6.45) is 12.9. The van der Waals surface area contributed by atoms with E-state index < -0.39 is 5.41 Å². The van der Waals surface area contributed by atoms with E-state index in [4.69, 9.17) is 9.47 Å². The fraction of sp³-hybridized carbons (Fsp3) is 0.636. The maximum Gasteiger partial charge on any atom is 0.251 e. The Morgan fingerprint density at radius 1 is 1.07 bits per heavy atom. The van der Waals surface area contributed by atoms with Crippen molar-refractivity contribution in [2.24, 2.45) is 5.41 Å². The van der Waals surface area contributed by atoms with E-state index >= 15 is 0 Å². The summed E-state index contributed by atoms with van der Waals surface area (Å²) in [5.74, 6) is 1.48. The molecule has 0 bridgehead atoms. The van der Waals surface area contributed by atoms with Gasteiger partial charge in [-0.05, 0) is 63.1 Å². The number of nitrogens with one attached hydrogen (secondary N) is 2. The van der Waals surface area contributed by atoms with Crippen LogP contribution in [0.3, 0.4) is 0 Å². The maximum atomic E-state index is 14.0. The van der Waals surface area contributed by atoms with E-state index in [0.717, 1.165) is 88.4 Å². The molecule has 2 N–H and O–H groups in total. The summed E-state index contributed by atoms with van der Waals surface area (Å²) in [6.45, 7) is 4.28. The lowest BCUT2D eigenvalue weighted by Crippen LogP contribution is -2.47. The number of hydrogen-bond donors (Lipinski definition) is 2. The van der Waals surface area contributed by atoms with Gasteiger partial charge >= 0.3 is 0 Å². The van der Waals surface area contributed by atoms with Crippen molar-refractivity contribution in [3.63, 3.8) is 0 Å². The third-order valence-electron chi connectivity index (χ3n) is 10.7. The number of methoxy groups -OCH3 is 1. The molecule has 44 heavy (non-hydrogen) atoms. The summed E-state index contributed by atoms with van der Waals surface area (Å²) in [7, 11) is 3.46. The second-order valence-electron chi connectivity index (χ2n) is 13.3. The number of anilines is 3. The van der Waals surface area contributed by atoms with Gasteiger partial charge in [-0.15, -0.1) is 0 Å². The number of morpholine rings is 1. The number of amides is 2. The number of fused-ring (bicyclic) bond motifs is 1. The molecule has 4 fully saturated rings. The average molecular weight is 604 g/mol. The van der Waals surface area contributed by atoms with Gasteiger partial charge in [0.15, 0.2) is 5.82 Å². The summed E-state index contributed by atoms with van der Waals surface area (Å²) in [5.41, 5.74) is 1.58. The minimum atomic E-state index is -0.570. The van der Waals surface area contributed by atoms with Crippen molar-refractivity contribution in [3.8, 4) is 5.75 Å². The number of rotatable bonds is 7. The van der Waals surface area contributed by atoms with E-state index in [9.17, 15) is 9.59 Å². The summed E-state index contributed by atoms with van der Waals surface area (Å²) < 4.78 is 11.3. The second-order valence-corrected chi connectivity index (χ2v) is 13.3. The third-order valence-corrected chi connectivity index (χ3v) is 10.7. The van der Waals surface area contributed by atoms with Gasteiger partial charge in [0.05, 0.1) is 37.6 Å². The largest absolute Gasteiger partial charge is 0.495 e. The van der Waals surface area contributed by atoms with Gasteiger partial charge in [-0.2, -0.15) is 0 Å². The van der Waals surface area contributed by atoms with Crippen molar-refractivity contribution in [1.29, 1.82) is 0 Å². The third kappa shape index (κ3) is 5.49. The zero-order valence-corrected chi connectivity index (χ0v) is 26.0. The molecule has 11 nitrogen and oxygen atoms in total. The average Bonchev–Trinajstić information content (AvgIpc) is 3.50. The highest BCUT2D eigenvalue weighted by Crippen LogP contribution is 2.54. The van der Waals surface area contributed by atoms with Crippen LogP contribution in [0, 0.1) is 5.41 Å². The Bertz CT molecular complexity index is 1370. The van der Waals surface area contributed by atoms with Crippen molar-refractivity contribution in [2.45, 2.75) is 82.0 Å². The minimum Gasteiger partial charge on any atom is -0.495 e. The van der Waals surface area contributed by atoms with E-state index in [1.807, 2.05) is 25.2 Å². The first-order valence-electron chi connectivity index (χ1n) is 16.4. The first-order chi connectivity index (χ1) is 21.5. The van der Waals surface area contributed by atoms with Gasteiger partial charge in [0.25, 0.3) is 5.91 Å². The molecule has 7 rings (SSSR count). The lowest BCUT2D eigenvalue weighted by atomic mass is 9.89. The Labute approximate surface area is 259 Å². The van der Waals surface area contributed by atoms with E-state index in [1.165, 1.54) is 12.8 Å². The minimum absolute atomic E-state index is 0.0566. The van der Waals surface area contributed by atoms with Gasteiger partial charge in [0, 0.05) is 56.4 Å². The molecule has 2 amide bonds. The van der Waals surface area contributed by atoms with Gasteiger partial charge in [-0.1, -0.05) is 12.8 Å². The predicted octanol–water partition coefficient (Wildman–Crippen LogP) is 3.45. The molecule has 0 radical (unpaired) electrons. The smallest absolute Gasteiger partial charge is 0.251 e. The van der Waals surface area contributed by atoms with Crippen LogP contribution < -0.4 is 25.2 Å². The van der Waals surface area contributed by atoms with E-state index in [0.29, 0.717) is 29.9 Å². The summed E-state index contributed by atoms with van der Waals surface area (Å²) in [5, 5.41) is 6.88. The Kier molecular flexibility index (Phi) is 8.09. The molecule has 2 aromatic rings. The molecule has 1 aromatic carbocycles. The molecule has 1 saturated heterocycles. The van der Waals surface area contributed by atoms with E-state index in [-0.39, 0.29) is 23.9 Å². The first-order valence-corrected chi connectivity index (χ1v) is 16.4. The van der Waals surface area contributed by atoms with Crippen molar-refractivity contribution in [3.05, 3.63) is 36.3 Å². The highest BCUT2D eigenvalue weighted by Gasteiger charge is 2.64. The van der Waals surface area contributed by atoms with Crippen molar-refractivity contribution < 1.29 is 19.1 Å². The number of aromatic nitrogens is 2. The van der Waals surface area contributed by atoms with Gasteiger partial charge in [-0.25, -0.2) is 9.97 Å². The standard InChI is InChI=1S/C33H45N7O4/c1-38-27-19-34-21-35-30(27)40(25-5-3-4-6-25)20-33(32(38)42)18-29(33)37-26-12-7-22(17-28(26)43-2)31(41)36-23-8-10-24(11-9-23)39-13-15-44-16-14-39/h7,12,17,19,21,23-25,29,37H,3-6,8-11,13-16,18,20H2,1-2H3,(H,36,41). The van der Waals surface area contributed by atoms with Crippen molar-refractivity contribution in [2.75, 3.05) is 62.1 Å². The van der Waals surface area contributed by atoms with Crippen LogP contribution in [0.1, 0.15) is 68.1 Å². The van der Waals surface area contributed by atoms with E-state index in [1.54, 1.807) is 24.5 Å². The molecule has 3 saturated carbocycles. The SMILES string of the molecule is COc1cc(C(=O)NC2CCC(N3CCOCC3)CC2)ccc1NC1CC12CN(C1CCCC1)c1ncncc1N(C)C2=O.